The van der Waals surface area contributed by atoms with Crippen LogP contribution in [0.15, 0.2) is 45.3 Å². The third-order valence-corrected chi connectivity index (χ3v) is 3.87. The molecule has 0 spiro atoms. The molecule has 0 aliphatic rings. The quantitative estimate of drug-likeness (QED) is 0.785. The molecule has 0 aromatic heterocycles. The van der Waals surface area contributed by atoms with Crippen LogP contribution in [0.1, 0.15) is 11.1 Å². The molecule has 0 saturated heterocycles. The molecule has 0 amide bonds. The minimum atomic E-state index is -0.270. The van der Waals surface area contributed by atoms with Gasteiger partial charge in [-0.05, 0) is 58.9 Å². The number of nitrogens with one attached hydrogen (secondary N) is 1. The van der Waals surface area contributed by atoms with Crippen molar-refractivity contribution in [2.45, 2.75) is 13.2 Å². The van der Waals surface area contributed by atoms with Crippen molar-refractivity contribution in [3.8, 4) is 5.75 Å². The van der Waals surface area contributed by atoms with Crippen LogP contribution in [0.4, 0.5) is 4.39 Å². The zero-order chi connectivity index (χ0) is 14.5. The molecule has 0 aliphatic carbocycles. The second kappa shape index (κ2) is 7.20. The minimum Gasteiger partial charge on any atom is -0.489 e. The Kier molecular flexibility index (Phi) is 5.57. The van der Waals surface area contributed by atoms with Gasteiger partial charge < -0.3 is 10.1 Å². The summed E-state index contributed by atoms with van der Waals surface area (Å²) in [5, 5.41) is 3.11. The van der Waals surface area contributed by atoms with Crippen molar-refractivity contribution < 1.29 is 9.13 Å². The summed E-state index contributed by atoms with van der Waals surface area (Å²) in [4.78, 5) is 0. The third-order valence-electron chi connectivity index (χ3n) is 2.77. The highest BCUT2D eigenvalue weighted by Crippen LogP contribution is 2.25. The Hall–Kier alpha value is -0.910. The summed E-state index contributed by atoms with van der Waals surface area (Å²) in [6.45, 7) is 1.12. The molecule has 106 valence electrons. The van der Waals surface area contributed by atoms with E-state index >= 15 is 0 Å². The second-order valence-corrected chi connectivity index (χ2v) is 6.09. The number of halogens is 3. The van der Waals surface area contributed by atoms with E-state index in [1.807, 2.05) is 25.2 Å². The van der Waals surface area contributed by atoms with Gasteiger partial charge in [0.25, 0.3) is 0 Å². The Balaban J connectivity index is 2.11. The van der Waals surface area contributed by atoms with Crippen LogP contribution >= 0.6 is 31.9 Å². The largest absolute Gasteiger partial charge is 0.489 e. The lowest BCUT2D eigenvalue weighted by molar-refractivity contribution is 0.302. The maximum absolute atomic E-state index is 13.2. The van der Waals surface area contributed by atoms with Crippen LogP contribution < -0.4 is 10.1 Å². The molecule has 0 fully saturated rings. The zero-order valence-electron chi connectivity index (χ0n) is 10.9. The van der Waals surface area contributed by atoms with Gasteiger partial charge in [0.05, 0.1) is 4.47 Å². The summed E-state index contributed by atoms with van der Waals surface area (Å²) in [6, 6.07) is 10.8. The van der Waals surface area contributed by atoms with Crippen molar-refractivity contribution >= 4 is 31.9 Å². The summed E-state index contributed by atoms with van der Waals surface area (Å²) in [7, 11) is 1.89. The molecule has 2 aromatic carbocycles. The Morgan fingerprint density at radius 3 is 2.65 bits per heavy atom. The molecule has 0 atom stereocenters. The standard InChI is InChI=1S/C15H14Br2FNO/c1-19-8-11-7-12(16)3-5-15(11)20-9-10-2-4-14(18)13(17)6-10/h2-7,19H,8-9H2,1H3. The molecule has 5 heteroatoms. The van der Waals surface area contributed by atoms with Crippen LogP contribution in [-0.2, 0) is 13.2 Å². The van der Waals surface area contributed by atoms with E-state index in [-0.39, 0.29) is 5.82 Å². The average Bonchev–Trinajstić information content (AvgIpc) is 2.42. The number of benzene rings is 2. The molecular weight excluding hydrogens is 389 g/mol. The first kappa shape index (κ1) is 15.5. The van der Waals surface area contributed by atoms with Crippen molar-refractivity contribution in [1.29, 1.82) is 0 Å². The number of hydrogen-bond donors (Lipinski definition) is 1. The van der Waals surface area contributed by atoms with Crippen LogP contribution in [0, 0.1) is 5.82 Å². The maximum Gasteiger partial charge on any atom is 0.137 e. The van der Waals surface area contributed by atoms with Crippen molar-refractivity contribution in [2.75, 3.05) is 7.05 Å². The number of rotatable bonds is 5. The Morgan fingerprint density at radius 1 is 1.15 bits per heavy atom. The number of ether oxygens (including phenoxy) is 1. The van der Waals surface area contributed by atoms with Gasteiger partial charge >= 0.3 is 0 Å². The van der Waals surface area contributed by atoms with Crippen molar-refractivity contribution in [1.82, 2.24) is 5.32 Å². The van der Waals surface area contributed by atoms with E-state index in [9.17, 15) is 4.39 Å². The van der Waals surface area contributed by atoms with Gasteiger partial charge in [-0.25, -0.2) is 4.39 Å². The topological polar surface area (TPSA) is 21.3 Å². The fraction of sp³-hybridized carbons (Fsp3) is 0.200. The molecule has 2 aromatic rings. The highest BCUT2D eigenvalue weighted by Gasteiger charge is 2.06. The normalized spacial score (nSPS) is 10.6. The molecule has 0 bridgehead atoms. The zero-order valence-corrected chi connectivity index (χ0v) is 14.1. The lowest BCUT2D eigenvalue weighted by Gasteiger charge is -2.12. The first-order valence-electron chi connectivity index (χ1n) is 6.10. The smallest absolute Gasteiger partial charge is 0.137 e. The van der Waals surface area contributed by atoms with E-state index in [4.69, 9.17) is 4.74 Å². The van der Waals surface area contributed by atoms with Gasteiger partial charge in [-0.2, -0.15) is 0 Å². The van der Waals surface area contributed by atoms with E-state index in [1.165, 1.54) is 6.07 Å². The van der Waals surface area contributed by atoms with Crippen molar-refractivity contribution in [2.24, 2.45) is 0 Å². The monoisotopic (exact) mass is 401 g/mol. The highest BCUT2D eigenvalue weighted by atomic mass is 79.9. The van der Waals surface area contributed by atoms with Gasteiger partial charge in [0.1, 0.15) is 18.2 Å². The van der Waals surface area contributed by atoms with Gasteiger partial charge in [-0.15, -0.1) is 0 Å². The molecular formula is C15H14Br2FNO. The highest BCUT2D eigenvalue weighted by molar-refractivity contribution is 9.10. The Morgan fingerprint density at radius 2 is 1.95 bits per heavy atom. The maximum atomic E-state index is 13.2. The molecule has 0 unspecified atom stereocenters. The second-order valence-electron chi connectivity index (χ2n) is 4.32. The van der Waals surface area contributed by atoms with Gasteiger partial charge in [-0.3, -0.25) is 0 Å². The summed E-state index contributed by atoms with van der Waals surface area (Å²) in [6.07, 6.45) is 0. The van der Waals surface area contributed by atoms with Crippen molar-refractivity contribution in [3.63, 3.8) is 0 Å². The van der Waals surface area contributed by atoms with Crippen LogP contribution in [0.25, 0.3) is 0 Å². The van der Waals surface area contributed by atoms with Gasteiger partial charge in [0.15, 0.2) is 0 Å². The van der Waals surface area contributed by atoms with Crippen molar-refractivity contribution in [3.05, 3.63) is 62.3 Å². The Bertz CT molecular complexity index is 604. The summed E-state index contributed by atoms with van der Waals surface area (Å²) in [5.74, 6) is 0.552. The first-order valence-corrected chi connectivity index (χ1v) is 7.68. The van der Waals surface area contributed by atoms with Crippen LogP contribution in [0.2, 0.25) is 0 Å². The van der Waals surface area contributed by atoms with E-state index in [2.05, 4.69) is 37.2 Å². The molecule has 0 radical (unpaired) electrons. The molecule has 0 aliphatic heterocycles. The fourth-order valence-electron chi connectivity index (χ4n) is 1.81. The van der Waals surface area contributed by atoms with E-state index < -0.39 is 0 Å². The molecule has 0 heterocycles. The third kappa shape index (κ3) is 4.04. The summed E-state index contributed by atoms with van der Waals surface area (Å²) in [5.41, 5.74) is 1.99. The van der Waals surface area contributed by atoms with Gasteiger partial charge in [-0.1, -0.05) is 22.0 Å². The van der Waals surface area contributed by atoms with Gasteiger partial charge in [0.2, 0.25) is 0 Å². The van der Waals surface area contributed by atoms with E-state index in [0.29, 0.717) is 11.1 Å². The van der Waals surface area contributed by atoms with E-state index in [1.54, 1.807) is 12.1 Å². The minimum absolute atomic E-state index is 0.270. The SMILES string of the molecule is CNCc1cc(Br)ccc1OCc1ccc(F)c(Br)c1. The first-order chi connectivity index (χ1) is 9.60. The Labute approximate surface area is 134 Å². The molecule has 2 nitrogen and oxygen atoms in total. The number of hydrogen-bond acceptors (Lipinski definition) is 2. The predicted octanol–water partition coefficient (Wildman–Crippen LogP) is 4.65. The summed E-state index contributed by atoms with van der Waals surface area (Å²) >= 11 is 6.62. The van der Waals surface area contributed by atoms with Crippen LogP contribution in [-0.4, -0.2) is 7.05 Å². The average molecular weight is 403 g/mol. The fourth-order valence-corrected chi connectivity index (χ4v) is 2.64. The lowest BCUT2D eigenvalue weighted by Crippen LogP contribution is -2.07. The van der Waals surface area contributed by atoms with Gasteiger partial charge in [0, 0.05) is 16.6 Å². The molecule has 1 N–H and O–H groups in total. The molecule has 20 heavy (non-hydrogen) atoms. The van der Waals surface area contributed by atoms with Crippen LogP contribution in [0.3, 0.4) is 0 Å². The van der Waals surface area contributed by atoms with E-state index in [0.717, 1.165) is 27.9 Å². The molecule has 0 saturated carbocycles. The summed E-state index contributed by atoms with van der Waals surface area (Å²) < 4.78 is 20.5. The predicted molar refractivity (Wildman–Crippen MR) is 85.3 cm³/mol. The van der Waals surface area contributed by atoms with Crippen LogP contribution in [0.5, 0.6) is 5.75 Å². The lowest BCUT2D eigenvalue weighted by atomic mass is 10.2. The molecule has 2 rings (SSSR count).